The summed E-state index contributed by atoms with van der Waals surface area (Å²) in [5.74, 6) is 5.74. The van der Waals surface area contributed by atoms with Crippen LogP contribution in [0.4, 0.5) is 4.79 Å². The van der Waals surface area contributed by atoms with Gasteiger partial charge in [0, 0.05) is 12.6 Å². The Morgan fingerprint density at radius 3 is 2.35 bits per heavy atom. The van der Waals surface area contributed by atoms with E-state index in [0.29, 0.717) is 21.9 Å². The number of carbonyl (C=O) groups excluding carboxylic acids is 1. The van der Waals surface area contributed by atoms with Crippen LogP contribution < -0.4 is 4.74 Å². The van der Waals surface area contributed by atoms with Gasteiger partial charge in [0.25, 0.3) is 10.0 Å². The number of aromatic carboxylic acids is 1. The summed E-state index contributed by atoms with van der Waals surface area (Å²) in [5, 5.41) is 9.35. The third kappa shape index (κ3) is 4.53. The van der Waals surface area contributed by atoms with E-state index in [4.69, 9.17) is 9.84 Å². The number of sulfonamides is 1. The first-order chi connectivity index (χ1) is 16.2. The predicted octanol–water partition coefficient (Wildman–Crippen LogP) is 3.98. The molecule has 174 valence electrons. The number of ether oxygens (including phenoxy) is 1. The van der Waals surface area contributed by atoms with E-state index in [1.807, 2.05) is 24.3 Å². The third-order valence-electron chi connectivity index (χ3n) is 5.26. The second kappa shape index (κ2) is 9.29. The Morgan fingerprint density at radius 1 is 1.09 bits per heavy atom. The van der Waals surface area contributed by atoms with Gasteiger partial charge >= 0.3 is 12.0 Å². The zero-order valence-corrected chi connectivity index (χ0v) is 19.9. The van der Waals surface area contributed by atoms with Crippen LogP contribution in [0.15, 0.2) is 69.6 Å². The molecule has 0 aliphatic carbocycles. The average Bonchev–Trinajstić information content (AvgIpc) is 3.26. The largest absolute Gasteiger partial charge is 0.497 e. The average molecular weight is 497 g/mol. The van der Waals surface area contributed by atoms with Gasteiger partial charge in [0.15, 0.2) is 0 Å². The number of benzene rings is 2. The Kier molecular flexibility index (Phi) is 6.41. The van der Waals surface area contributed by atoms with E-state index in [0.717, 1.165) is 27.4 Å². The van der Waals surface area contributed by atoms with Crippen LogP contribution in [0.3, 0.4) is 0 Å². The monoisotopic (exact) mass is 496 g/mol. The maximum atomic E-state index is 13.1. The lowest BCUT2D eigenvalue weighted by Crippen LogP contribution is -2.46. The Bertz CT molecular complexity index is 1380. The van der Waals surface area contributed by atoms with Crippen molar-refractivity contribution in [3.63, 3.8) is 0 Å². The number of methoxy groups -OCH3 is 1. The van der Waals surface area contributed by atoms with Crippen molar-refractivity contribution in [3.8, 4) is 17.6 Å². The summed E-state index contributed by atoms with van der Waals surface area (Å²) in [6.45, 7) is 1.25. The Labute approximate surface area is 201 Å². The molecule has 0 spiro atoms. The number of carboxylic acid groups (broad SMARTS) is 1. The molecular formula is C24H20N2O6S2. The van der Waals surface area contributed by atoms with Crippen LogP contribution in [0.25, 0.3) is 0 Å². The normalized spacial score (nSPS) is 16.5. The fourth-order valence-corrected chi connectivity index (χ4v) is 5.91. The van der Waals surface area contributed by atoms with Crippen LogP contribution in [0.1, 0.15) is 28.4 Å². The molecule has 1 N–H and O–H groups in total. The second-order valence-corrected chi connectivity index (χ2v) is 10.5. The number of rotatable bonds is 5. The molecule has 2 heterocycles. The molecule has 2 aliphatic rings. The maximum Gasteiger partial charge on any atom is 0.343 e. The standard InChI is InChI=1S/C24H20N2O6S2/c1-16-22-25(15-21(33-22)5-3-4-17-8-12-20(32-2)13-9-17)24(29)26(34(16,30)31)14-18-6-10-19(11-7-18)23(27)28/h6-13,15H,4,14H2,1-2H3,(H,27,28). The first-order valence-electron chi connectivity index (χ1n) is 10.1. The van der Waals surface area contributed by atoms with Crippen LogP contribution in [0, 0.1) is 11.8 Å². The van der Waals surface area contributed by atoms with Crippen LogP contribution in [0.5, 0.6) is 5.75 Å². The molecule has 0 unspecified atom stereocenters. The number of allylic oxidation sites excluding steroid dienone is 2. The van der Waals surface area contributed by atoms with E-state index in [1.54, 1.807) is 13.3 Å². The number of nitrogens with zero attached hydrogens (tertiary/aromatic N) is 2. The smallest absolute Gasteiger partial charge is 0.343 e. The van der Waals surface area contributed by atoms with Gasteiger partial charge in [0.1, 0.15) is 10.8 Å². The van der Waals surface area contributed by atoms with Gasteiger partial charge in [0.05, 0.1) is 29.0 Å². The molecule has 2 amide bonds. The number of thioether (sulfide) groups is 1. The van der Waals surface area contributed by atoms with E-state index < -0.39 is 22.0 Å². The Morgan fingerprint density at radius 2 is 1.74 bits per heavy atom. The quantitative estimate of drug-likeness (QED) is 0.625. The van der Waals surface area contributed by atoms with Crippen LogP contribution in [-0.4, -0.2) is 41.8 Å². The summed E-state index contributed by atoms with van der Waals surface area (Å²) in [6, 6.07) is 12.5. The van der Waals surface area contributed by atoms with E-state index in [-0.39, 0.29) is 17.0 Å². The molecule has 0 radical (unpaired) electrons. The molecule has 0 atom stereocenters. The van der Waals surface area contributed by atoms with Gasteiger partial charge in [-0.05, 0) is 42.3 Å². The molecular weight excluding hydrogens is 476 g/mol. The molecule has 2 aromatic rings. The van der Waals surface area contributed by atoms with Gasteiger partial charge in [-0.2, -0.15) is 0 Å². The molecule has 0 bridgehead atoms. The highest BCUT2D eigenvalue weighted by atomic mass is 32.2. The van der Waals surface area contributed by atoms with Gasteiger partial charge < -0.3 is 9.84 Å². The summed E-state index contributed by atoms with van der Waals surface area (Å²) >= 11 is 1.14. The maximum absolute atomic E-state index is 13.1. The molecule has 0 saturated carbocycles. The van der Waals surface area contributed by atoms with Crippen molar-refractivity contribution in [1.29, 1.82) is 0 Å². The summed E-state index contributed by atoms with van der Waals surface area (Å²) in [7, 11) is -2.43. The Balaban J connectivity index is 1.54. The lowest BCUT2D eigenvalue weighted by molar-refractivity contribution is 0.0696. The molecule has 10 heteroatoms. The van der Waals surface area contributed by atoms with Crippen molar-refractivity contribution >= 4 is 33.8 Å². The van der Waals surface area contributed by atoms with Gasteiger partial charge in [-0.15, -0.1) is 0 Å². The van der Waals surface area contributed by atoms with Crippen molar-refractivity contribution in [2.45, 2.75) is 19.9 Å². The van der Waals surface area contributed by atoms with Crippen LogP contribution in [-0.2, 0) is 23.0 Å². The number of amides is 2. The Hall–Kier alpha value is -3.68. The van der Waals surface area contributed by atoms with E-state index >= 15 is 0 Å². The first-order valence-corrected chi connectivity index (χ1v) is 12.4. The highest BCUT2D eigenvalue weighted by Gasteiger charge is 2.43. The second-order valence-electron chi connectivity index (χ2n) is 7.45. The van der Waals surface area contributed by atoms with E-state index in [2.05, 4.69) is 11.8 Å². The van der Waals surface area contributed by atoms with Gasteiger partial charge in [-0.25, -0.2) is 22.3 Å². The summed E-state index contributed by atoms with van der Waals surface area (Å²) in [5.41, 5.74) is 1.57. The van der Waals surface area contributed by atoms with Crippen molar-refractivity contribution in [3.05, 3.63) is 86.3 Å². The number of hydrogen-bond acceptors (Lipinski definition) is 6. The van der Waals surface area contributed by atoms with E-state index in [9.17, 15) is 18.0 Å². The molecule has 0 aromatic heterocycles. The van der Waals surface area contributed by atoms with Crippen molar-refractivity contribution in [1.82, 2.24) is 9.21 Å². The molecule has 2 aliphatic heterocycles. The van der Waals surface area contributed by atoms with Crippen molar-refractivity contribution in [2.75, 3.05) is 7.11 Å². The zero-order chi connectivity index (χ0) is 24.5. The highest BCUT2D eigenvalue weighted by Crippen LogP contribution is 2.43. The minimum absolute atomic E-state index is 0.0578. The fourth-order valence-electron chi connectivity index (χ4n) is 3.34. The van der Waals surface area contributed by atoms with Gasteiger partial charge in [0.2, 0.25) is 0 Å². The number of carboxylic acids is 1. The zero-order valence-electron chi connectivity index (χ0n) is 18.3. The first kappa shape index (κ1) is 23.5. The molecule has 2 aromatic carbocycles. The van der Waals surface area contributed by atoms with E-state index in [1.165, 1.54) is 36.1 Å². The topological polar surface area (TPSA) is 104 Å². The minimum atomic E-state index is -4.03. The highest BCUT2D eigenvalue weighted by molar-refractivity contribution is 8.08. The van der Waals surface area contributed by atoms with Crippen molar-refractivity contribution < 1.29 is 27.9 Å². The number of fused-ring (bicyclic) bond motifs is 1. The number of carbonyl (C=O) groups is 2. The predicted molar refractivity (Wildman–Crippen MR) is 128 cm³/mol. The molecule has 0 saturated heterocycles. The minimum Gasteiger partial charge on any atom is -0.497 e. The van der Waals surface area contributed by atoms with Crippen molar-refractivity contribution in [2.24, 2.45) is 0 Å². The van der Waals surface area contributed by atoms with Gasteiger partial charge in [-0.3, -0.25) is 4.90 Å². The lowest BCUT2D eigenvalue weighted by Gasteiger charge is -2.32. The summed E-state index contributed by atoms with van der Waals surface area (Å²) in [6.07, 6.45) is 2.03. The summed E-state index contributed by atoms with van der Waals surface area (Å²) < 4.78 is 32.0. The number of urea groups is 1. The number of hydrogen-bond donors (Lipinski definition) is 1. The van der Waals surface area contributed by atoms with Crippen LogP contribution in [0.2, 0.25) is 0 Å². The van der Waals surface area contributed by atoms with Crippen LogP contribution >= 0.6 is 11.8 Å². The lowest BCUT2D eigenvalue weighted by atomic mass is 10.1. The molecule has 34 heavy (non-hydrogen) atoms. The third-order valence-corrected chi connectivity index (χ3v) is 8.35. The SMILES string of the molecule is COc1ccc(CC#CC2=CN3C(=O)N(Cc4ccc(C(=O)O)cc4)S(=O)(=O)C(C)=C3S2)cc1. The fraction of sp³-hybridized carbons (Fsp3) is 0.167. The summed E-state index contributed by atoms with van der Waals surface area (Å²) in [4.78, 5) is 26.0. The van der Waals surface area contributed by atoms with Gasteiger partial charge in [-0.1, -0.05) is 47.9 Å². The molecule has 4 rings (SSSR count). The molecule has 0 fully saturated rings. The molecule has 8 nitrogen and oxygen atoms in total.